The van der Waals surface area contributed by atoms with E-state index >= 15 is 0 Å². The predicted octanol–water partition coefficient (Wildman–Crippen LogP) is 3.20. The van der Waals surface area contributed by atoms with E-state index in [0.717, 1.165) is 0 Å². The lowest BCUT2D eigenvalue weighted by atomic mass is 10.1. The molecule has 6 heteroatoms. The van der Waals surface area contributed by atoms with Crippen molar-refractivity contribution in [2.24, 2.45) is 0 Å². The van der Waals surface area contributed by atoms with Gasteiger partial charge in [-0.05, 0) is 24.3 Å². The SMILES string of the molecule is C=CCOC(=O)c1ccc(-c2ccc([N+](=O)[O-])cc2)o1. The summed E-state index contributed by atoms with van der Waals surface area (Å²) in [7, 11) is 0. The molecule has 102 valence electrons. The van der Waals surface area contributed by atoms with Gasteiger partial charge in [-0.25, -0.2) is 4.79 Å². The summed E-state index contributed by atoms with van der Waals surface area (Å²) in [6.45, 7) is 3.54. The molecule has 0 aliphatic rings. The van der Waals surface area contributed by atoms with Gasteiger partial charge in [-0.15, -0.1) is 0 Å². The van der Waals surface area contributed by atoms with Crippen molar-refractivity contribution in [3.8, 4) is 11.3 Å². The Morgan fingerprint density at radius 3 is 2.60 bits per heavy atom. The molecule has 1 aromatic heterocycles. The quantitative estimate of drug-likeness (QED) is 0.361. The second-order valence-electron chi connectivity index (χ2n) is 3.86. The van der Waals surface area contributed by atoms with E-state index < -0.39 is 10.9 Å². The molecule has 6 nitrogen and oxygen atoms in total. The van der Waals surface area contributed by atoms with Crippen molar-refractivity contribution in [1.82, 2.24) is 0 Å². The third-order valence-electron chi connectivity index (χ3n) is 2.50. The fourth-order valence-corrected chi connectivity index (χ4v) is 1.56. The van der Waals surface area contributed by atoms with E-state index in [0.29, 0.717) is 11.3 Å². The maximum absolute atomic E-state index is 11.5. The Balaban J connectivity index is 2.17. The third-order valence-corrected chi connectivity index (χ3v) is 2.50. The summed E-state index contributed by atoms with van der Waals surface area (Å²) in [5, 5.41) is 10.6. The third kappa shape index (κ3) is 2.92. The van der Waals surface area contributed by atoms with Gasteiger partial charge in [0.1, 0.15) is 12.4 Å². The van der Waals surface area contributed by atoms with E-state index in [1.165, 1.54) is 24.3 Å². The van der Waals surface area contributed by atoms with Crippen LogP contribution in [0.25, 0.3) is 11.3 Å². The molecule has 0 saturated carbocycles. The maximum Gasteiger partial charge on any atom is 0.374 e. The summed E-state index contributed by atoms with van der Waals surface area (Å²) in [6, 6.07) is 8.93. The summed E-state index contributed by atoms with van der Waals surface area (Å²) in [5.41, 5.74) is 0.629. The number of ether oxygens (including phenoxy) is 1. The Hall–Kier alpha value is -2.89. The minimum Gasteiger partial charge on any atom is -0.456 e. The van der Waals surface area contributed by atoms with Crippen molar-refractivity contribution in [3.63, 3.8) is 0 Å². The first-order valence-corrected chi connectivity index (χ1v) is 5.74. The van der Waals surface area contributed by atoms with Gasteiger partial charge in [0.2, 0.25) is 5.76 Å². The van der Waals surface area contributed by atoms with Gasteiger partial charge in [0, 0.05) is 17.7 Å². The Bertz CT molecular complexity index is 642. The number of furan rings is 1. The van der Waals surface area contributed by atoms with E-state index in [4.69, 9.17) is 9.15 Å². The van der Waals surface area contributed by atoms with Crippen LogP contribution in [0.5, 0.6) is 0 Å². The first kappa shape index (κ1) is 13.5. The largest absolute Gasteiger partial charge is 0.456 e. The van der Waals surface area contributed by atoms with Crippen molar-refractivity contribution in [3.05, 3.63) is 64.9 Å². The molecule has 0 aliphatic heterocycles. The zero-order chi connectivity index (χ0) is 14.5. The van der Waals surface area contributed by atoms with Gasteiger partial charge in [-0.1, -0.05) is 12.7 Å². The van der Waals surface area contributed by atoms with Gasteiger partial charge in [0.15, 0.2) is 0 Å². The lowest BCUT2D eigenvalue weighted by Gasteiger charge is -1.99. The molecule has 1 aromatic carbocycles. The summed E-state index contributed by atoms with van der Waals surface area (Å²) in [5.74, 6) is -0.0799. The minimum absolute atomic E-state index is 0.00841. The van der Waals surface area contributed by atoms with Gasteiger partial charge in [-0.2, -0.15) is 0 Å². The Morgan fingerprint density at radius 2 is 2.00 bits per heavy atom. The van der Waals surface area contributed by atoms with Gasteiger partial charge in [0.05, 0.1) is 4.92 Å². The van der Waals surface area contributed by atoms with Crippen LogP contribution < -0.4 is 0 Å². The van der Waals surface area contributed by atoms with Crippen LogP contribution in [-0.2, 0) is 4.74 Å². The van der Waals surface area contributed by atoms with Crippen LogP contribution in [-0.4, -0.2) is 17.5 Å². The van der Waals surface area contributed by atoms with E-state index in [1.807, 2.05) is 0 Å². The fourth-order valence-electron chi connectivity index (χ4n) is 1.56. The first-order chi connectivity index (χ1) is 9.61. The number of rotatable bonds is 5. The number of carbonyl (C=O) groups excluding carboxylic acids is 1. The van der Waals surface area contributed by atoms with Crippen LogP contribution in [0.3, 0.4) is 0 Å². The lowest BCUT2D eigenvalue weighted by Crippen LogP contribution is -2.03. The van der Waals surface area contributed by atoms with Gasteiger partial charge < -0.3 is 9.15 Å². The number of hydrogen-bond acceptors (Lipinski definition) is 5. The molecule has 0 atom stereocenters. The molecule has 1 heterocycles. The van der Waals surface area contributed by atoms with Gasteiger partial charge >= 0.3 is 5.97 Å². The Labute approximate surface area is 114 Å². The standard InChI is InChI=1S/C14H11NO5/c1-2-9-19-14(16)13-8-7-12(20-13)10-3-5-11(6-4-10)15(17)18/h2-8H,1,9H2. The number of esters is 1. The average Bonchev–Trinajstić information content (AvgIpc) is 2.94. The van der Waals surface area contributed by atoms with Crippen molar-refractivity contribution in [2.45, 2.75) is 0 Å². The van der Waals surface area contributed by atoms with Crippen LogP contribution in [0.15, 0.2) is 53.5 Å². The lowest BCUT2D eigenvalue weighted by molar-refractivity contribution is -0.384. The molecule has 2 rings (SSSR count). The molecule has 0 saturated heterocycles. The number of benzene rings is 1. The molecular weight excluding hydrogens is 262 g/mol. The van der Waals surface area contributed by atoms with Crippen LogP contribution in [0.1, 0.15) is 10.6 Å². The molecule has 0 aliphatic carbocycles. The van der Waals surface area contributed by atoms with Gasteiger partial charge in [0.25, 0.3) is 5.69 Å². The number of carbonyl (C=O) groups is 1. The molecule has 0 unspecified atom stereocenters. The van der Waals surface area contributed by atoms with Crippen LogP contribution in [0.4, 0.5) is 5.69 Å². The summed E-state index contributed by atoms with van der Waals surface area (Å²) < 4.78 is 10.2. The van der Waals surface area contributed by atoms with Crippen LogP contribution >= 0.6 is 0 Å². The van der Waals surface area contributed by atoms with Crippen molar-refractivity contribution >= 4 is 11.7 Å². The second kappa shape index (κ2) is 5.83. The fraction of sp³-hybridized carbons (Fsp3) is 0.0714. The highest BCUT2D eigenvalue weighted by Gasteiger charge is 2.13. The molecule has 0 bridgehead atoms. The molecule has 20 heavy (non-hydrogen) atoms. The molecule has 0 N–H and O–H groups in total. The maximum atomic E-state index is 11.5. The molecule has 2 aromatic rings. The summed E-state index contributed by atoms with van der Waals surface area (Å²) in [4.78, 5) is 21.6. The number of nitro benzene ring substituents is 1. The number of non-ortho nitro benzene ring substituents is 1. The molecule has 0 fully saturated rings. The molecular formula is C14H11NO5. The smallest absolute Gasteiger partial charge is 0.374 e. The zero-order valence-corrected chi connectivity index (χ0v) is 10.4. The second-order valence-corrected chi connectivity index (χ2v) is 3.86. The Morgan fingerprint density at radius 1 is 1.30 bits per heavy atom. The Kier molecular flexibility index (Phi) is 3.95. The number of nitro groups is 1. The monoisotopic (exact) mass is 273 g/mol. The van der Waals surface area contributed by atoms with Crippen LogP contribution in [0.2, 0.25) is 0 Å². The van der Waals surface area contributed by atoms with Gasteiger partial charge in [-0.3, -0.25) is 10.1 Å². The highest BCUT2D eigenvalue weighted by molar-refractivity contribution is 5.87. The highest BCUT2D eigenvalue weighted by atomic mass is 16.6. The van der Waals surface area contributed by atoms with Crippen LogP contribution in [0, 0.1) is 10.1 Å². The average molecular weight is 273 g/mol. The molecule has 0 amide bonds. The van der Waals surface area contributed by atoms with Crippen molar-refractivity contribution < 1.29 is 18.9 Å². The van der Waals surface area contributed by atoms with E-state index in [-0.39, 0.29) is 18.1 Å². The normalized spacial score (nSPS) is 10.0. The zero-order valence-electron chi connectivity index (χ0n) is 10.4. The van der Waals surface area contributed by atoms with E-state index in [9.17, 15) is 14.9 Å². The summed E-state index contributed by atoms with van der Waals surface area (Å²) >= 11 is 0. The van der Waals surface area contributed by atoms with Crippen molar-refractivity contribution in [2.75, 3.05) is 6.61 Å². The number of hydrogen-bond donors (Lipinski definition) is 0. The van der Waals surface area contributed by atoms with E-state index in [1.54, 1.807) is 18.2 Å². The van der Waals surface area contributed by atoms with E-state index in [2.05, 4.69) is 6.58 Å². The predicted molar refractivity (Wildman–Crippen MR) is 71.3 cm³/mol. The molecule has 0 spiro atoms. The van der Waals surface area contributed by atoms with Crippen molar-refractivity contribution in [1.29, 1.82) is 0 Å². The topological polar surface area (TPSA) is 82.6 Å². The molecule has 0 radical (unpaired) electrons. The highest BCUT2D eigenvalue weighted by Crippen LogP contribution is 2.24. The number of nitrogens with zero attached hydrogens (tertiary/aromatic N) is 1. The minimum atomic E-state index is -0.585. The first-order valence-electron chi connectivity index (χ1n) is 5.74. The summed E-state index contributed by atoms with van der Waals surface area (Å²) in [6.07, 6.45) is 1.46.